The summed E-state index contributed by atoms with van der Waals surface area (Å²) in [5.41, 5.74) is 2.10. The van der Waals surface area contributed by atoms with Crippen molar-refractivity contribution >= 4 is 50.5 Å². The van der Waals surface area contributed by atoms with E-state index in [0.29, 0.717) is 34.7 Å². The van der Waals surface area contributed by atoms with Gasteiger partial charge in [-0.25, -0.2) is 4.98 Å². The Kier molecular flexibility index (Phi) is 3.47. The largest absolute Gasteiger partial charge is 0.324 e. The molecular formula is C16H10ClN3O3S. The molecule has 0 N–H and O–H groups in total. The standard InChI is InChI=1S/C16H10ClN3O3S/c17-11-1-2-12-13(7-11)18-15-10(3-4-19(15)16(12)21)5-9-6-14(20(22)23)24-8-9/h1-2,5-8H,3-4H2. The minimum Gasteiger partial charge on any atom is -0.292 e. The Hall–Kier alpha value is -2.51. The summed E-state index contributed by atoms with van der Waals surface area (Å²) >= 11 is 7.07. The van der Waals surface area contributed by atoms with Gasteiger partial charge in [0.05, 0.1) is 15.8 Å². The van der Waals surface area contributed by atoms with Gasteiger partial charge in [0.25, 0.3) is 5.56 Å². The Balaban J connectivity index is 1.86. The predicted octanol–water partition coefficient (Wildman–Crippen LogP) is 3.96. The molecule has 0 aliphatic carbocycles. The molecule has 0 fully saturated rings. The smallest absolute Gasteiger partial charge is 0.292 e. The lowest BCUT2D eigenvalue weighted by Gasteiger charge is -2.05. The highest BCUT2D eigenvalue weighted by molar-refractivity contribution is 7.13. The van der Waals surface area contributed by atoms with Gasteiger partial charge in [0, 0.05) is 23.0 Å². The number of hydrogen-bond acceptors (Lipinski definition) is 5. The third-order valence-corrected chi connectivity index (χ3v) is 5.07. The lowest BCUT2D eigenvalue weighted by Crippen LogP contribution is -2.20. The number of fused-ring (bicyclic) bond motifs is 2. The third-order valence-electron chi connectivity index (χ3n) is 3.94. The van der Waals surface area contributed by atoms with Crippen LogP contribution in [0.4, 0.5) is 5.00 Å². The van der Waals surface area contributed by atoms with E-state index < -0.39 is 4.92 Å². The summed E-state index contributed by atoms with van der Waals surface area (Å²) in [6.07, 6.45) is 2.51. The van der Waals surface area contributed by atoms with Crippen LogP contribution in [0.1, 0.15) is 17.8 Å². The molecule has 0 amide bonds. The first-order chi connectivity index (χ1) is 11.5. The molecule has 3 heterocycles. The quantitative estimate of drug-likeness (QED) is 0.512. The average Bonchev–Trinajstić information content (AvgIpc) is 3.16. The summed E-state index contributed by atoms with van der Waals surface area (Å²) in [5.74, 6) is 0.601. The fourth-order valence-corrected chi connectivity index (χ4v) is 3.69. The number of aromatic nitrogens is 2. The lowest BCUT2D eigenvalue weighted by molar-refractivity contribution is -0.380. The van der Waals surface area contributed by atoms with Crippen LogP contribution in [0.25, 0.3) is 22.6 Å². The van der Waals surface area contributed by atoms with Crippen LogP contribution in [-0.4, -0.2) is 14.5 Å². The third kappa shape index (κ3) is 2.42. The van der Waals surface area contributed by atoms with Crippen LogP contribution in [0.3, 0.4) is 0 Å². The molecule has 2 aromatic heterocycles. The van der Waals surface area contributed by atoms with Crippen molar-refractivity contribution in [3.05, 3.63) is 66.5 Å². The van der Waals surface area contributed by atoms with E-state index in [1.807, 2.05) is 6.08 Å². The molecule has 24 heavy (non-hydrogen) atoms. The molecule has 0 spiro atoms. The van der Waals surface area contributed by atoms with Crippen molar-refractivity contribution in [2.75, 3.05) is 0 Å². The number of nitrogens with zero attached hydrogens (tertiary/aromatic N) is 3. The molecule has 8 heteroatoms. The second-order valence-electron chi connectivity index (χ2n) is 5.45. The molecule has 0 saturated heterocycles. The van der Waals surface area contributed by atoms with E-state index in [2.05, 4.69) is 4.98 Å². The van der Waals surface area contributed by atoms with E-state index in [0.717, 1.165) is 22.5 Å². The lowest BCUT2D eigenvalue weighted by atomic mass is 10.1. The topological polar surface area (TPSA) is 78.0 Å². The van der Waals surface area contributed by atoms with Gasteiger partial charge in [-0.3, -0.25) is 19.5 Å². The molecule has 1 aliphatic heterocycles. The molecule has 120 valence electrons. The maximum atomic E-state index is 12.6. The van der Waals surface area contributed by atoms with Crippen molar-refractivity contribution in [2.24, 2.45) is 0 Å². The van der Waals surface area contributed by atoms with Crippen LogP contribution in [0.2, 0.25) is 5.02 Å². The van der Waals surface area contributed by atoms with Crippen molar-refractivity contribution < 1.29 is 4.92 Å². The first-order valence-corrected chi connectivity index (χ1v) is 8.42. The monoisotopic (exact) mass is 359 g/mol. The highest BCUT2D eigenvalue weighted by atomic mass is 35.5. The highest BCUT2D eigenvalue weighted by Gasteiger charge is 2.21. The number of benzene rings is 1. The SMILES string of the molecule is O=c1c2ccc(Cl)cc2nc2n1CCC2=Cc1csc([N+](=O)[O-])c1. The zero-order valence-electron chi connectivity index (χ0n) is 12.2. The van der Waals surface area contributed by atoms with E-state index in [1.54, 1.807) is 28.1 Å². The predicted molar refractivity (Wildman–Crippen MR) is 94.5 cm³/mol. The zero-order chi connectivity index (χ0) is 16.8. The number of rotatable bonds is 2. The molecular weight excluding hydrogens is 350 g/mol. The van der Waals surface area contributed by atoms with Crippen LogP contribution in [-0.2, 0) is 6.54 Å². The molecule has 0 unspecified atom stereocenters. The first-order valence-electron chi connectivity index (χ1n) is 7.17. The van der Waals surface area contributed by atoms with Gasteiger partial charge in [0.1, 0.15) is 5.82 Å². The molecule has 0 radical (unpaired) electrons. The fourth-order valence-electron chi connectivity index (χ4n) is 2.84. The maximum absolute atomic E-state index is 12.6. The second kappa shape index (κ2) is 5.54. The van der Waals surface area contributed by atoms with E-state index in [9.17, 15) is 14.9 Å². The Labute approximate surface area is 144 Å². The minimum absolute atomic E-state index is 0.0913. The Morgan fingerprint density at radius 1 is 1.38 bits per heavy atom. The van der Waals surface area contributed by atoms with Gasteiger partial charge in [-0.05, 0) is 41.8 Å². The molecule has 6 nitrogen and oxygen atoms in total. The van der Waals surface area contributed by atoms with Crippen LogP contribution >= 0.6 is 22.9 Å². The Morgan fingerprint density at radius 2 is 2.21 bits per heavy atom. The number of hydrogen-bond donors (Lipinski definition) is 0. The molecule has 0 bridgehead atoms. The van der Waals surface area contributed by atoms with Crippen molar-refractivity contribution in [3.63, 3.8) is 0 Å². The average molecular weight is 360 g/mol. The second-order valence-corrected chi connectivity index (χ2v) is 6.77. The van der Waals surface area contributed by atoms with Crippen LogP contribution in [0.5, 0.6) is 0 Å². The van der Waals surface area contributed by atoms with E-state index in [4.69, 9.17) is 11.6 Å². The summed E-state index contributed by atoms with van der Waals surface area (Å²) in [4.78, 5) is 27.6. The normalized spacial score (nSPS) is 15.1. The maximum Gasteiger partial charge on any atom is 0.324 e. The summed E-state index contributed by atoms with van der Waals surface area (Å²) in [7, 11) is 0. The van der Waals surface area contributed by atoms with E-state index in [1.165, 1.54) is 6.07 Å². The first kappa shape index (κ1) is 15.0. The van der Waals surface area contributed by atoms with Crippen molar-refractivity contribution in [2.45, 2.75) is 13.0 Å². The van der Waals surface area contributed by atoms with Gasteiger partial charge in [-0.15, -0.1) is 0 Å². The number of allylic oxidation sites excluding steroid dienone is 1. The zero-order valence-corrected chi connectivity index (χ0v) is 13.8. The Morgan fingerprint density at radius 3 is 2.96 bits per heavy atom. The molecule has 0 atom stereocenters. The minimum atomic E-state index is -0.409. The molecule has 3 aromatic rings. The van der Waals surface area contributed by atoms with Gasteiger partial charge < -0.3 is 0 Å². The van der Waals surface area contributed by atoms with Gasteiger partial charge in [-0.2, -0.15) is 0 Å². The molecule has 4 rings (SSSR count). The van der Waals surface area contributed by atoms with Crippen LogP contribution in [0, 0.1) is 10.1 Å². The highest BCUT2D eigenvalue weighted by Crippen LogP contribution is 2.31. The van der Waals surface area contributed by atoms with Gasteiger partial charge in [0.15, 0.2) is 0 Å². The molecule has 1 aliphatic rings. The van der Waals surface area contributed by atoms with E-state index >= 15 is 0 Å². The summed E-state index contributed by atoms with van der Waals surface area (Å²) < 4.78 is 1.64. The van der Waals surface area contributed by atoms with Crippen LogP contribution < -0.4 is 5.56 Å². The van der Waals surface area contributed by atoms with E-state index in [-0.39, 0.29) is 10.6 Å². The summed E-state index contributed by atoms with van der Waals surface area (Å²) in [6.45, 7) is 0.553. The fraction of sp³-hybridized carbons (Fsp3) is 0.125. The number of nitro groups is 1. The van der Waals surface area contributed by atoms with Crippen molar-refractivity contribution in [3.8, 4) is 0 Å². The molecule has 1 aromatic carbocycles. The van der Waals surface area contributed by atoms with Crippen molar-refractivity contribution in [1.82, 2.24) is 9.55 Å². The number of halogens is 1. The van der Waals surface area contributed by atoms with Crippen LogP contribution in [0.15, 0.2) is 34.4 Å². The summed E-state index contributed by atoms with van der Waals surface area (Å²) in [6, 6.07) is 6.56. The Bertz CT molecular complexity index is 1080. The molecule has 0 saturated carbocycles. The van der Waals surface area contributed by atoms with Gasteiger partial charge in [0.2, 0.25) is 0 Å². The summed E-state index contributed by atoms with van der Waals surface area (Å²) in [5, 5.41) is 13.7. The van der Waals surface area contributed by atoms with Gasteiger partial charge in [-0.1, -0.05) is 22.9 Å². The number of thiophene rings is 1. The van der Waals surface area contributed by atoms with Crippen molar-refractivity contribution in [1.29, 1.82) is 0 Å². The van der Waals surface area contributed by atoms with Gasteiger partial charge >= 0.3 is 5.00 Å².